The second kappa shape index (κ2) is 4.56. The van der Waals surface area contributed by atoms with Crippen LogP contribution in [0.3, 0.4) is 0 Å². The summed E-state index contributed by atoms with van der Waals surface area (Å²) in [6.45, 7) is 0. The van der Waals surface area contributed by atoms with Crippen molar-refractivity contribution in [3.05, 3.63) is 54.9 Å². The number of alkyl halides is 3. The van der Waals surface area contributed by atoms with Crippen molar-refractivity contribution in [2.24, 2.45) is 0 Å². The second-order valence-corrected chi connectivity index (χ2v) is 4.12. The Labute approximate surface area is 112 Å². The van der Waals surface area contributed by atoms with Crippen LogP contribution in [0.1, 0.15) is 0 Å². The molecule has 1 heterocycles. The average molecular weight is 278 g/mol. The fraction of sp³-hybridized carbons (Fsp3) is 0.0714. The zero-order valence-corrected chi connectivity index (χ0v) is 10.1. The van der Waals surface area contributed by atoms with E-state index in [1.165, 1.54) is 18.5 Å². The molecule has 6 heteroatoms. The second-order valence-electron chi connectivity index (χ2n) is 4.12. The quantitative estimate of drug-likeness (QED) is 0.710. The van der Waals surface area contributed by atoms with Crippen LogP contribution in [0, 0.1) is 0 Å². The first kappa shape index (κ1) is 12.5. The van der Waals surface area contributed by atoms with Gasteiger partial charge in [-0.05, 0) is 24.3 Å². The maximum absolute atomic E-state index is 12.4. The van der Waals surface area contributed by atoms with Crippen molar-refractivity contribution >= 4 is 11.0 Å². The van der Waals surface area contributed by atoms with Crippen molar-refractivity contribution in [1.82, 2.24) is 9.55 Å². The number of ether oxygens (including phenoxy) is 1. The SMILES string of the molecule is FC(F)(F)Oc1ccccc1-n1cnc2ccccc21. The number of hydrogen-bond acceptors (Lipinski definition) is 2. The first-order valence-electron chi connectivity index (χ1n) is 5.82. The molecule has 3 aromatic rings. The topological polar surface area (TPSA) is 27.1 Å². The molecule has 0 N–H and O–H groups in total. The first-order chi connectivity index (χ1) is 9.54. The number of fused-ring (bicyclic) bond motifs is 1. The molecule has 0 amide bonds. The molecule has 0 saturated heterocycles. The van der Waals surface area contributed by atoms with Gasteiger partial charge in [-0.3, -0.25) is 4.57 Å². The van der Waals surface area contributed by atoms with Gasteiger partial charge in [0.2, 0.25) is 0 Å². The lowest BCUT2D eigenvalue weighted by molar-refractivity contribution is -0.274. The Morgan fingerprint density at radius 2 is 1.65 bits per heavy atom. The summed E-state index contributed by atoms with van der Waals surface area (Å²) in [6, 6.07) is 13.2. The van der Waals surface area contributed by atoms with Crippen molar-refractivity contribution < 1.29 is 17.9 Å². The Morgan fingerprint density at radius 1 is 0.950 bits per heavy atom. The van der Waals surface area contributed by atoms with Gasteiger partial charge in [0.15, 0.2) is 5.75 Å². The fourth-order valence-electron chi connectivity index (χ4n) is 2.02. The number of imidazole rings is 1. The number of benzene rings is 2. The van der Waals surface area contributed by atoms with Crippen LogP contribution in [-0.4, -0.2) is 15.9 Å². The Kier molecular flexibility index (Phi) is 2.85. The summed E-state index contributed by atoms with van der Waals surface area (Å²) in [6.07, 6.45) is -3.25. The molecule has 0 fully saturated rings. The summed E-state index contributed by atoms with van der Waals surface area (Å²) in [7, 11) is 0. The Hall–Kier alpha value is -2.50. The molecule has 0 aliphatic heterocycles. The molecule has 0 spiro atoms. The van der Waals surface area contributed by atoms with Crippen molar-refractivity contribution in [3.8, 4) is 11.4 Å². The highest BCUT2D eigenvalue weighted by Crippen LogP contribution is 2.30. The van der Waals surface area contributed by atoms with Gasteiger partial charge < -0.3 is 4.74 Å². The molecule has 3 rings (SSSR count). The number of aromatic nitrogens is 2. The Morgan fingerprint density at radius 3 is 2.45 bits per heavy atom. The lowest BCUT2D eigenvalue weighted by Gasteiger charge is -2.13. The standard InChI is InChI=1S/C14H9F3N2O/c15-14(16,17)20-13-8-4-3-7-12(13)19-9-18-10-5-1-2-6-11(10)19/h1-9H. The van der Waals surface area contributed by atoms with Gasteiger partial charge in [-0.2, -0.15) is 0 Å². The summed E-state index contributed by atoms with van der Waals surface area (Å²) in [4.78, 5) is 4.16. The smallest absolute Gasteiger partial charge is 0.404 e. The lowest BCUT2D eigenvalue weighted by Crippen LogP contribution is -2.18. The van der Waals surface area contributed by atoms with Crippen LogP contribution < -0.4 is 4.74 Å². The van der Waals surface area contributed by atoms with Gasteiger partial charge >= 0.3 is 6.36 Å². The normalized spacial score (nSPS) is 11.8. The predicted octanol–water partition coefficient (Wildman–Crippen LogP) is 3.92. The summed E-state index contributed by atoms with van der Waals surface area (Å²) in [5.74, 6) is -0.261. The molecule has 2 aromatic carbocycles. The molecular weight excluding hydrogens is 269 g/mol. The van der Waals surface area contributed by atoms with Crippen LogP contribution in [0.15, 0.2) is 54.9 Å². The third kappa shape index (κ3) is 2.32. The monoisotopic (exact) mass is 278 g/mol. The number of para-hydroxylation sites is 4. The highest BCUT2D eigenvalue weighted by atomic mass is 19.4. The number of nitrogens with zero attached hydrogens (tertiary/aromatic N) is 2. The van der Waals surface area contributed by atoms with Gasteiger partial charge in [-0.15, -0.1) is 13.2 Å². The molecule has 20 heavy (non-hydrogen) atoms. The molecule has 102 valence electrons. The van der Waals surface area contributed by atoms with E-state index in [1.807, 2.05) is 6.07 Å². The van der Waals surface area contributed by atoms with Crippen LogP contribution in [0.2, 0.25) is 0 Å². The van der Waals surface area contributed by atoms with Gasteiger partial charge in [-0.25, -0.2) is 4.98 Å². The van der Waals surface area contributed by atoms with Crippen LogP contribution in [0.25, 0.3) is 16.7 Å². The minimum atomic E-state index is -4.73. The van der Waals surface area contributed by atoms with Crippen molar-refractivity contribution in [3.63, 3.8) is 0 Å². The van der Waals surface area contributed by atoms with Gasteiger partial charge in [0, 0.05) is 0 Å². The third-order valence-electron chi connectivity index (χ3n) is 2.80. The minimum absolute atomic E-state index is 0.261. The van der Waals surface area contributed by atoms with Gasteiger partial charge in [-0.1, -0.05) is 24.3 Å². The number of rotatable bonds is 2. The van der Waals surface area contributed by atoms with E-state index in [1.54, 1.807) is 34.9 Å². The van der Waals surface area contributed by atoms with E-state index in [4.69, 9.17) is 0 Å². The minimum Gasteiger partial charge on any atom is -0.404 e. The van der Waals surface area contributed by atoms with E-state index in [2.05, 4.69) is 9.72 Å². The lowest BCUT2D eigenvalue weighted by atomic mass is 10.2. The molecule has 3 nitrogen and oxygen atoms in total. The van der Waals surface area contributed by atoms with E-state index in [0.29, 0.717) is 16.7 Å². The summed E-state index contributed by atoms with van der Waals surface area (Å²) >= 11 is 0. The van der Waals surface area contributed by atoms with E-state index >= 15 is 0 Å². The van der Waals surface area contributed by atoms with Crippen LogP contribution in [0.4, 0.5) is 13.2 Å². The summed E-state index contributed by atoms with van der Waals surface area (Å²) in [5.41, 5.74) is 1.71. The van der Waals surface area contributed by atoms with Crippen molar-refractivity contribution in [1.29, 1.82) is 0 Å². The van der Waals surface area contributed by atoms with E-state index in [-0.39, 0.29) is 5.75 Å². The van der Waals surface area contributed by atoms with Crippen LogP contribution >= 0.6 is 0 Å². The van der Waals surface area contributed by atoms with Gasteiger partial charge in [0.1, 0.15) is 6.33 Å². The van der Waals surface area contributed by atoms with E-state index in [0.717, 1.165) is 0 Å². The molecule has 0 bridgehead atoms. The number of halogens is 3. The maximum Gasteiger partial charge on any atom is 0.573 e. The number of hydrogen-bond donors (Lipinski definition) is 0. The van der Waals surface area contributed by atoms with Crippen molar-refractivity contribution in [2.75, 3.05) is 0 Å². The highest BCUT2D eigenvalue weighted by molar-refractivity contribution is 5.77. The summed E-state index contributed by atoms with van der Waals surface area (Å²) < 4.78 is 42.9. The fourth-order valence-corrected chi connectivity index (χ4v) is 2.02. The van der Waals surface area contributed by atoms with Crippen molar-refractivity contribution in [2.45, 2.75) is 6.36 Å². The predicted molar refractivity (Wildman–Crippen MR) is 67.8 cm³/mol. The average Bonchev–Trinajstić information content (AvgIpc) is 2.81. The summed E-state index contributed by atoms with van der Waals surface area (Å²) in [5, 5.41) is 0. The van der Waals surface area contributed by atoms with Gasteiger partial charge in [0.25, 0.3) is 0 Å². The largest absolute Gasteiger partial charge is 0.573 e. The van der Waals surface area contributed by atoms with E-state index in [9.17, 15) is 13.2 Å². The van der Waals surface area contributed by atoms with E-state index < -0.39 is 6.36 Å². The molecule has 1 aromatic heterocycles. The molecule has 0 unspecified atom stereocenters. The zero-order chi connectivity index (χ0) is 14.2. The molecule has 0 atom stereocenters. The zero-order valence-electron chi connectivity index (χ0n) is 10.1. The molecule has 0 saturated carbocycles. The molecule has 0 aliphatic carbocycles. The maximum atomic E-state index is 12.4. The highest BCUT2D eigenvalue weighted by Gasteiger charge is 2.32. The van der Waals surface area contributed by atoms with Crippen LogP contribution in [0.5, 0.6) is 5.75 Å². The first-order valence-corrected chi connectivity index (χ1v) is 5.82. The third-order valence-corrected chi connectivity index (χ3v) is 2.80. The molecular formula is C14H9F3N2O. The van der Waals surface area contributed by atoms with Crippen LogP contribution in [-0.2, 0) is 0 Å². The molecule has 0 aliphatic rings. The van der Waals surface area contributed by atoms with Gasteiger partial charge in [0.05, 0.1) is 16.7 Å². The molecule has 0 radical (unpaired) electrons. The Bertz CT molecular complexity index is 749. The Balaban J connectivity index is 2.15.